The maximum Gasteiger partial charge on any atom is 0.0373 e. The third-order valence-electron chi connectivity index (χ3n) is 4.36. The molecule has 2 fully saturated rings. The average molecular weight is 272 g/mol. The summed E-state index contributed by atoms with van der Waals surface area (Å²) in [6.45, 7) is 3.64. The van der Waals surface area contributed by atoms with Crippen molar-refractivity contribution in [3.8, 4) is 0 Å². The fourth-order valence-electron chi connectivity index (χ4n) is 3.01. The number of rotatable bonds is 4. The monoisotopic (exact) mass is 272 g/mol. The number of benzene rings is 1. The summed E-state index contributed by atoms with van der Waals surface area (Å²) >= 11 is 1.83. The van der Waals surface area contributed by atoms with Gasteiger partial charge in [-0.25, -0.2) is 0 Å². The first-order chi connectivity index (χ1) is 9.38. The predicted molar refractivity (Wildman–Crippen MR) is 83.2 cm³/mol. The van der Waals surface area contributed by atoms with Gasteiger partial charge in [0.15, 0.2) is 0 Å². The maximum absolute atomic E-state index is 3.67. The van der Waals surface area contributed by atoms with Crippen molar-refractivity contribution in [2.24, 2.45) is 5.92 Å². The molecule has 1 aliphatic heterocycles. The van der Waals surface area contributed by atoms with E-state index in [-0.39, 0.29) is 0 Å². The summed E-state index contributed by atoms with van der Waals surface area (Å²) in [7, 11) is 0. The summed E-state index contributed by atoms with van der Waals surface area (Å²) in [6, 6.07) is 9.98. The van der Waals surface area contributed by atoms with Crippen molar-refractivity contribution in [2.45, 2.75) is 25.3 Å². The van der Waals surface area contributed by atoms with E-state index in [2.05, 4.69) is 39.9 Å². The van der Waals surface area contributed by atoms with E-state index in [1.165, 1.54) is 54.7 Å². The van der Waals surface area contributed by atoms with Gasteiger partial charge in [-0.2, -0.15) is 0 Å². The highest BCUT2D eigenvalue weighted by Crippen LogP contribution is 2.29. The molecule has 2 heterocycles. The van der Waals surface area contributed by atoms with Crippen LogP contribution in [0.25, 0.3) is 10.1 Å². The minimum absolute atomic E-state index is 0.832. The van der Waals surface area contributed by atoms with Gasteiger partial charge in [-0.15, -0.1) is 11.3 Å². The molecular weight excluding hydrogens is 252 g/mol. The van der Waals surface area contributed by atoms with Gasteiger partial charge in [0.1, 0.15) is 0 Å². The SMILES string of the molecule is c1cc2cc(N3CCC(CNC4CC4)C3)ccc2s1. The second-order valence-electron chi connectivity index (χ2n) is 5.93. The molecule has 0 amide bonds. The van der Waals surface area contributed by atoms with Crippen LogP contribution in [0.4, 0.5) is 5.69 Å². The highest BCUT2D eigenvalue weighted by Gasteiger charge is 2.26. The van der Waals surface area contributed by atoms with Crippen molar-refractivity contribution in [3.63, 3.8) is 0 Å². The summed E-state index contributed by atoms with van der Waals surface area (Å²) in [5.41, 5.74) is 1.40. The van der Waals surface area contributed by atoms with Crippen LogP contribution in [-0.2, 0) is 0 Å². The Kier molecular flexibility index (Phi) is 2.97. The van der Waals surface area contributed by atoms with Crippen LogP contribution in [0.3, 0.4) is 0 Å². The van der Waals surface area contributed by atoms with Gasteiger partial charge in [0, 0.05) is 29.5 Å². The zero-order valence-corrected chi connectivity index (χ0v) is 12.0. The molecule has 2 nitrogen and oxygen atoms in total. The molecule has 4 rings (SSSR count). The fraction of sp³-hybridized carbons (Fsp3) is 0.500. The summed E-state index contributed by atoms with van der Waals surface area (Å²) in [6.07, 6.45) is 4.12. The van der Waals surface area contributed by atoms with Gasteiger partial charge in [-0.3, -0.25) is 0 Å². The molecular formula is C16H20N2S. The van der Waals surface area contributed by atoms with E-state index < -0.39 is 0 Å². The molecule has 1 saturated carbocycles. The lowest BCUT2D eigenvalue weighted by atomic mass is 10.1. The summed E-state index contributed by atoms with van der Waals surface area (Å²) < 4.78 is 1.40. The maximum atomic E-state index is 3.67. The first kappa shape index (κ1) is 11.7. The van der Waals surface area contributed by atoms with Crippen molar-refractivity contribution < 1.29 is 0 Å². The van der Waals surface area contributed by atoms with Crippen LogP contribution < -0.4 is 10.2 Å². The van der Waals surface area contributed by atoms with Crippen molar-refractivity contribution >= 4 is 27.1 Å². The Balaban J connectivity index is 1.43. The van der Waals surface area contributed by atoms with Gasteiger partial charge in [0.05, 0.1) is 0 Å². The number of hydrogen-bond donors (Lipinski definition) is 1. The van der Waals surface area contributed by atoms with E-state index in [1.54, 1.807) is 0 Å². The third-order valence-corrected chi connectivity index (χ3v) is 5.26. The molecule has 2 aliphatic rings. The topological polar surface area (TPSA) is 15.3 Å². The first-order valence-electron chi connectivity index (χ1n) is 7.34. The standard InChI is InChI=1S/C16H20N2S/c1-2-14(1)17-10-12-5-7-18(11-12)15-3-4-16-13(9-15)6-8-19-16/h3-4,6,8-9,12,14,17H,1-2,5,7,10-11H2. The zero-order chi connectivity index (χ0) is 12.7. The molecule has 1 aliphatic carbocycles. The molecule has 1 aromatic heterocycles. The molecule has 3 heteroatoms. The van der Waals surface area contributed by atoms with Gasteiger partial charge in [0.2, 0.25) is 0 Å². The van der Waals surface area contributed by atoms with Crippen LogP contribution in [0.2, 0.25) is 0 Å². The Morgan fingerprint density at radius 1 is 1.21 bits per heavy atom. The number of hydrogen-bond acceptors (Lipinski definition) is 3. The van der Waals surface area contributed by atoms with E-state index >= 15 is 0 Å². The Labute approximate surface area is 118 Å². The lowest BCUT2D eigenvalue weighted by molar-refractivity contribution is 0.515. The van der Waals surface area contributed by atoms with Crippen LogP contribution in [0, 0.1) is 5.92 Å². The average Bonchev–Trinajstić information content (AvgIpc) is 2.96. The van der Waals surface area contributed by atoms with Crippen LogP contribution in [0.1, 0.15) is 19.3 Å². The van der Waals surface area contributed by atoms with Gasteiger partial charge in [-0.1, -0.05) is 0 Å². The van der Waals surface area contributed by atoms with Crippen LogP contribution in [0.15, 0.2) is 29.6 Å². The second-order valence-corrected chi connectivity index (χ2v) is 6.87. The van der Waals surface area contributed by atoms with E-state index in [4.69, 9.17) is 0 Å². The van der Waals surface area contributed by atoms with Crippen LogP contribution in [-0.4, -0.2) is 25.7 Å². The molecule has 19 heavy (non-hydrogen) atoms. The summed E-state index contributed by atoms with van der Waals surface area (Å²) in [5, 5.41) is 7.24. The van der Waals surface area contributed by atoms with Gasteiger partial charge in [-0.05, 0) is 66.8 Å². The molecule has 0 radical (unpaired) electrons. The lowest BCUT2D eigenvalue weighted by Crippen LogP contribution is -2.27. The molecule has 0 spiro atoms. The van der Waals surface area contributed by atoms with E-state index in [0.717, 1.165) is 12.0 Å². The first-order valence-corrected chi connectivity index (χ1v) is 8.22. The molecule has 0 bridgehead atoms. The van der Waals surface area contributed by atoms with Crippen LogP contribution >= 0.6 is 11.3 Å². The smallest absolute Gasteiger partial charge is 0.0373 e. The Morgan fingerprint density at radius 3 is 3.05 bits per heavy atom. The summed E-state index contributed by atoms with van der Waals surface area (Å²) in [5.74, 6) is 0.832. The summed E-state index contributed by atoms with van der Waals surface area (Å²) in [4.78, 5) is 2.55. The molecule has 1 saturated heterocycles. The van der Waals surface area contributed by atoms with E-state index in [9.17, 15) is 0 Å². The predicted octanol–water partition coefficient (Wildman–Crippen LogP) is 3.48. The Morgan fingerprint density at radius 2 is 2.16 bits per heavy atom. The van der Waals surface area contributed by atoms with Crippen LogP contribution in [0.5, 0.6) is 0 Å². The zero-order valence-electron chi connectivity index (χ0n) is 11.1. The van der Waals surface area contributed by atoms with Crippen molar-refractivity contribution in [2.75, 3.05) is 24.5 Å². The molecule has 100 valence electrons. The van der Waals surface area contributed by atoms with Crippen molar-refractivity contribution in [1.29, 1.82) is 0 Å². The van der Waals surface area contributed by atoms with Gasteiger partial charge >= 0.3 is 0 Å². The Bertz CT molecular complexity index is 573. The third kappa shape index (κ3) is 2.49. The minimum atomic E-state index is 0.832. The van der Waals surface area contributed by atoms with Gasteiger partial charge < -0.3 is 10.2 Å². The number of nitrogens with one attached hydrogen (secondary N) is 1. The highest BCUT2D eigenvalue weighted by atomic mass is 32.1. The minimum Gasteiger partial charge on any atom is -0.371 e. The number of nitrogens with zero attached hydrogens (tertiary/aromatic N) is 1. The van der Waals surface area contributed by atoms with Gasteiger partial charge in [0.25, 0.3) is 0 Å². The largest absolute Gasteiger partial charge is 0.371 e. The number of thiophene rings is 1. The van der Waals surface area contributed by atoms with Crippen molar-refractivity contribution in [1.82, 2.24) is 5.32 Å². The number of fused-ring (bicyclic) bond motifs is 1. The van der Waals surface area contributed by atoms with E-state index in [1.807, 2.05) is 11.3 Å². The molecule has 1 aromatic carbocycles. The molecule has 1 N–H and O–H groups in total. The normalized spacial score (nSPS) is 23.4. The van der Waals surface area contributed by atoms with E-state index in [0.29, 0.717) is 0 Å². The molecule has 2 aromatic rings. The van der Waals surface area contributed by atoms with Crippen molar-refractivity contribution in [3.05, 3.63) is 29.6 Å². The fourth-order valence-corrected chi connectivity index (χ4v) is 3.78. The molecule has 1 unspecified atom stereocenters. The number of anilines is 1. The Hall–Kier alpha value is -1.06. The highest BCUT2D eigenvalue weighted by molar-refractivity contribution is 7.17. The quantitative estimate of drug-likeness (QED) is 0.916. The molecule has 1 atom stereocenters. The second kappa shape index (κ2) is 4.80. The lowest BCUT2D eigenvalue weighted by Gasteiger charge is -2.19.